The van der Waals surface area contributed by atoms with E-state index in [9.17, 15) is 4.39 Å². The molecule has 1 unspecified atom stereocenters. The Bertz CT molecular complexity index is 268. The van der Waals surface area contributed by atoms with Gasteiger partial charge in [0.05, 0.1) is 0 Å². The third kappa shape index (κ3) is 4.93. The third-order valence-electron chi connectivity index (χ3n) is 2.73. The highest BCUT2D eigenvalue weighted by Gasteiger charge is 2.02. The summed E-state index contributed by atoms with van der Waals surface area (Å²) in [7, 11) is 1.98. The molecule has 1 rings (SSSR count). The molecule has 0 amide bonds. The smallest absolute Gasteiger partial charge is 0.123 e. The van der Waals surface area contributed by atoms with E-state index in [4.69, 9.17) is 0 Å². The van der Waals surface area contributed by atoms with Crippen LogP contribution in [0.4, 0.5) is 4.39 Å². The van der Waals surface area contributed by atoms with E-state index in [1.165, 1.54) is 30.5 Å². The fraction of sp³-hybridized carbons (Fsp3) is 0.538. The molecule has 0 aromatic heterocycles. The average molecular weight is 209 g/mol. The topological polar surface area (TPSA) is 12.0 Å². The van der Waals surface area contributed by atoms with Crippen LogP contribution in [0.25, 0.3) is 0 Å². The van der Waals surface area contributed by atoms with Crippen LogP contribution in [-0.4, -0.2) is 13.6 Å². The normalized spacial score (nSPS) is 12.7. The fourth-order valence-electron chi connectivity index (χ4n) is 1.60. The summed E-state index contributed by atoms with van der Waals surface area (Å²) in [5.41, 5.74) is 1.23. The lowest BCUT2D eigenvalue weighted by Gasteiger charge is -2.10. The molecule has 1 N–H and O–H groups in total. The van der Waals surface area contributed by atoms with Gasteiger partial charge in [0.15, 0.2) is 0 Å². The molecule has 0 saturated carbocycles. The molecule has 15 heavy (non-hydrogen) atoms. The molecular weight excluding hydrogens is 189 g/mol. The van der Waals surface area contributed by atoms with Crippen molar-refractivity contribution >= 4 is 0 Å². The van der Waals surface area contributed by atoms with Crippen molar-refractivity contribution in [2.24, 2.45) is 5.92 Å². The highest BCUT2D eigenvalue weighted by Crippen LogP contribution is 2.12. The Morgan fingerprint density at radius 1 is 1.20 bits per heavy atom. The van der Waals surface area contributed by atoms with Crippen LogP contribution in [0.1, 0.15) is 25.3 Å². The molecule has 0 radical (unpaired) electrons. The van der Waals surface area contributed by atoms with E-state index in [1.807, 2.05) is 19.2 Å². The van der Waals surface area contributed by atoms with Crippen LogP contribution in [0.15, 0.2) is 24.3 Å². The van der Waals surface area contributed by atoms with Gasteiger partial charge in [-0.05, 0) is 56.5 Å². The Morgan fingerprint density at radius 3 is 2.47 bits per heavy atom. The molecule has 1 nitrogen and oxygen atoms in total. The molecule has 0 heterocycles. The van der Waals surface area contributed by atoms with Crippen LogP contribution in [0.5, 0.6) is 0 Å². The largest absolute Gasteiger partial charge is 0.320 e. The summed E-state index contributed by atoms with van der Waals surface area (Å²) in [6.45, 7) is 3.34. The van der Waals surface area contributed by atoms with E-state index in [2.05, 4.69) is 12.2 Å². The van der Waals surface area contributed by atoms with Gasteiger partial charge in [0, 0.05) is 0 Å². The molecule has 0 spiro atoms. The molecule has 0 aliphatic heterocycles. The standard InChI is InChI=1S/C13H20FN/c1-11(9-10-15-2)3-4-12-5-7-13(14)8-6-12/h5-8,11,15H,3-4,9-10H2,1-2H3. The molecule has 1 atom stereocenters. The zero-order valence-corrected chi connectivity index (χ0v) is 9.59. The van der Waals surface area contributed by atoms with E-state index >= 15 is 0 Å². The maximum Gasteiger partial charge on any atom is 0.123 e. The number of aryl methyl sites for hydroxylation is 1. The average Bonchev–Trinajstić information content (AvgIpc) is 2.25. The summed E-state index contributed by atoms with van der Waals surface area (Å²) in [5.74, 6) is 0.574. The van der Waals surface area contributed by atoms with E-state index < -0.39 is 0 Å². The van der Waals surface area contributed by atoms with E-state index in [1.54, 1.807) is 0 Å². The SMILES string of the molecule is CNCCC(C)CCc1ccc(F)cc1. The van der Waals surface area contributed by atoms with Crippen molar-refractivity contribution < 1.29 is 4.39 Å². The van der Waals surface area contributed by atoms with Crippen LogP contribution < -0.4 is 5.32 Å². The van der Waals surface area contributed by atoms with Crippen LogP contribution >= 0.6 is 0 Å². The van der Waals surface area contributed by atoms with E-state index in [0.29, 0.717) is 0 Å². The molecule has 84 valence electrons. The van der Waals surface area contributed by atoms with Crippen LogP contribution in [0.2, 0.25) is 0 Å². The predicted molar refractivity (Wildman–Crippen MR) is 62.4 cm³/mol. The lowest BCUT2D eigenvalue weighted by atomic mass is 9.98. The van der Waals surface area contributed by atoms with Gasteiger partial charge < -0.3 is 5.32 Å². The first-order valence-corrected chi connectivity index (χ1v) is 5.61. The minimum absolute atomic E-state index is 0.151. The molecule has 0 aliphatic rings. The van der Waals surface area contributed by atoms with Crippen LogP contribution in [0, 0.1) is 11.7 Å². The van der Waals surface area contributed by atoms with Gasteiger partial charge in [-0.2, -0.15) is 0 Å². The second-order valence-electron chi connectivity index (χ2n) is 4.16. The third-order valence-corrected chi connectivity index (χ3v) is 2.73. The number of rotatable bonds is 6. The Morgan fingerprint density at radius 2 is 1.87 bits per heavy atom. The monoisotopic (exact) mass is 209 g/mol. The zero-order valence-electron chi connectivity index (χ0n) is 9.59. The fourth-order valence-corrected chi connectivity index (χ4v) is 1.60. The van der Waals surface area contributed by atoms with Crippen molar-refractivity contribution in [1.82, 2.24) is 5.32 Å². The highest BCUT2D eigenvalue weighted by atomic mass is 19.1. The molecule has 1 aromatic rings. The molecule has 2 heteroatoms. The summed E-state index contributed by atoms with van der Waals surface area (Å²) >= 11 is 0. The Kier molecular flexibility index (Phi) is 5.33. The van der Waals surface area contributed by atoms with Gasteiger partial charge in [-0.3, -0.25) is 0 Å². The van der Waals surface area contributed by atoms with Gasteiger partial charge in [0.25, 0.3) is 0 Å². The first-order valence-electron chi connectivity index (χ1n) is 5.61. The Hall–Kier alpha value is -0.890. The summed E-state index contributed by atoms with van der Waals surface area (Å²) in [6, 6.07) is 6.82. The number of benzene rings is 1. The summed E-state index contributed by atoms with van der Waals surface area (Å²) in [6.07, 6.45) is 3.43. The first kappa shape index (κ1) is 12.2. The van der Waals surface area contributed by atoms with E-state index in [0.717, 1.165) is 18.9 Å². The van der Waals surface area contributed by atoms with Gasteiger partial charge in [-0.1, -0.05) is 19.1 Å². The first-order chi connectivity index (χ1) is 7.22. The van der Waals surface area contributed by atoms with E-state index in [-0.39, 0.29) is 5.82 Å². The molecule has 1 aromatic carbocycles. The summed E-state index contributed by atoms with van der Waals surface area (Å²) in [4.78, 5) is 0. The Labute approximate surface area is 91.7 Å². The van der Waals surface area contributed by atoms with Crippen molar-refractivity contribution in [3.8, 4) is 0 Å². The Balaban J connectivity index is 2.27. The highest BCUT2D eigenvalue weighted by molar-refractivity contribution is 5.16. The van der Waals surface area contributed by atoms with Crippen molar-refractivity contribution in [2.45, 2.75) is 26.2 Å². The van der Waals surface area contributed by atoms with Gasteiger partial charge in [-0.15, -0.1) is 0 Å². The number of nitrogens with one attached hydrogen (secondary N) is 1. The van der Waals surface area contributed by atoms with Crippen molar-refractivity contribution in [2.75, 3.05) is 13.6 Å². The minimum atomic E-state index is -0.151. The number of hydrogen-bond acceptors (Lipinski definition) is 1. The summed E-state index contributed by atoms with van der Waals surface area (Å²) in [5, 5.41) is 3.15. The maximum absolute atomic E-state index is 12.6. The number of hydrogen-bond donors (Lipinski definition) is 1. The molecule has 0 fully saturated rings. The predicted octanol–water partition coefficient (Wildman–Crippen LogP) is 3.00. The van der Waals surface area contributed by atoms with Crippen molar-refractivity contribution in [3.63, 3.8) is 0 Å². The number of halogens is 1. The van der Waals surface area contributed by atoms with Crippen LogP contribution in [-0.2, 0) is 6.42 Å². The quantitative estimate of drug-likeness (QED) is 0.759. The molecule has 0 aliphatic carbocycles. The lowest BCUT2D eigenvalue weighted by Crippen LogP contribution is -2.11. The maximum atomic E-state index is 12.6. The van der Waals surface area contributed by atoms with Gasteiger partial charge in [-0.25, -0.2) is 4.39 Å². The summed E-state index contributed by atoms with van der Waals surface area (Å²) < 4.78 is 12.6. The van der Waals surface area contributed by atoms with Gasteiger partial charge in [0.1, 0.15) is 5.82 Å². The molecule has 0 bridgehead atoms. The lowest BCUT2D eigenvalue weighted by molar-refractivity contribution is 0.481. The second kappa shape index (κ2) is 6.57. The molecule has 0 saturated heterocycles. The molecular formula is C13H20FN. The van der Waals surface area contributed by atoms with Gasteiger partial charge >= 0.3 is 0 Å². The van der Waals surface area contributed by atoms with Crippen molar-refractivity contribution in [3.05, 3.63) is 35.6 Å². The zero-order chi connectivity index (χ0) is 11.1. The van der Waals surface area contributed by atoms with Gasteiger partial charge in [0.2, 0.25) is 0 Å². The minimum Gasteiger partial charge on any atom is -0.320 e. The van der Waals surface area contributed by atoms with Crippen LogP contribution in [0.3, 0.4) is 0 Å². The second-order valence-corrected chi connectivity index (χ2v) is 4.16. The van der Waals surface area contributed by atoms with Crippen molar-refractivity contribution in [1.29, 1.82) is 0 Å².